The second-order valence-electron chi connectivity index (χ2n) is 10.6. The maximum Gasteiger partial charge on any atom is 0.264 e. The van der Waals surface area contributed by atoms with Crippen molar-refractivity contribution in [2.75, 3.05) is 17.4 Å². The van der Waals surface area contributed by atoms with Gasteiger partial charge in [0.1, 0.15) is 12.6 Å². The molecule has 0 aliphatic heterocycles. The smallest absolute Gasteiger partial charge is 0.264 e. The lowest BCUT2D eigenvalue weighted by Crippen LogP contribution is -2.52. The quantitative estimate of drug-likeness (QED) is 0.259. The van der Waals surface area contributed by atoms with E-state index in [1.807, 2.05) is 77.9 Å². The zero-order valence-electron chi connectivity index (χ0n) is 25.1. The molecule has 3 rings (SSSR count). The van der Waals surface area contributed by atoms with Crippen molar-refractivity contribution in [1.82, 2.24) is 10.2 Å². The van der Waals surface area contributed by atoms with Gasteiger partial charge in [-0.1, -0.05) is 79.9 Å². The highest BCUT2D eigenvalue weighted by Gasteiger charge is 2.34. The van der Waals surface area contributed by atoms with Gasteiger partial charge in [-0.05, 0) is 75.4 Å². The summed E-state index contributed by atoms with van der Waals surface area (Å²) >= 11 is 0. The Bertz CT molecular complexity index is 1450. The highest BCUT2D eigenvalue weighted by atomic mass is 32.2. The molecule has 0 unspecified atom stereocenters. The summed E-state index contributed by atoms with van der Waals surface area (Å²) in [6, 6.07) is 19.1. The first-order chi connectivity index (χ1) is 19.5. The summed E-state index contributed by atoms with van der Waals surface area (Å²) in [5.74, 6) is -0.677. The minimum atomic E-state index is -4.10. The summed E-state index contributed by atoms with van der Waals surface area (Å²) < 4.78 is 29.3. The normalized spacial score (nSPS) is 12.0. The number of nitrogens with zero attached hydrogens (tertiary/aromatic N) is 2. The number of nitrogens with one attached hydrogen (secondary N) is 1. The number of anilines is 1. The Morgan fingerprint density at radius 3 is 2.12 bits per heavy atom. The molecule has 2 amide bonds. The fraction of sp³-hybridized carbons (Fsp3) is 0.394. The largest absolute Gasteiger partial charge is 0.354 e. The lowest BCUT2D eigenvalue weighted by atomic mass is 10.1. The van der Waals surface area contributed by atoms with E-state index in [0.29, 0.717) is 18.7 Å². The molecule has 0 aliphatic carbocycles. The molecule has 0 fully saturated rings. The van der Waals surface area contributed by atoms with Crippen LogP contribution >= 0.6 is 0 Å². The van der Waals surface area contributed by atoms with Gasteiger partial charge in [0, 0.05) is 13.1 Å². The molecular formula is C33H43N3O4S. The van der Waals surface area contributed by atoms with Crippen LogP contribution in [0, 0.1) is 27.7 Å². The van der Waals surface area contributed by atoms with Crippen molar-refractivity contribution in [1.29, 1.82) is 0 Å². The van der Waals surface area contributed by atoms with Gasteiger partial charge in [0.15, 0.2) is 0 Å². The van der Waals surface area contributed by atoms with Crippen molar-refractivity contribution in [3.05, 3.63) is 94.5 Å². The fourth-order valence-electron chi connectivity index (χ4n) is 4.83. The Kier molecular flexibility index (Phi) is 11.1. The van der Waals surface area contributed by atoms with Crippen LogP contribution in [0.25, 0.3) is 0 Å². The first-order valence-corrected chi connectivity index (χ1v) is 15.7. The molecule has 0 aliphatic rings. The first kappa shape index (κ1) is 31.9. The van der Waals surface area contributed by atoms with Crippen molar-refractivity contribution in [3.8, 4) is 0 Å². The summed E-state index contributed by atoms with van der Waals surface area (Å²) in [5, 5.41) is 2.97. The number of carbonyl (C=O) groups excluding carboxylic acids is 2. The second kappa shape index (κ2) is 14.3. The summed E-state index contributed by atoms with van der Waals surface area (Å²) in [6.45, 7) is 11.8. The van der Waals surface area contributed by atoms with E-state index in [9.17, 15) is 18.0 Å². The predicted molar refractivity (Wildman–Crippen MR) is 165 cm³/mol. The molecule has 1 N–H and O–H groups in total. The van der Waals surface area contributed by atoms with Crippen molar-refractivity contribution in [2.24, 2.45) is 0 Å². The van der Waals surface area contributed by atoms with Gasteiger partial charge < -0.3 is 10.2 Å². The fourth-order valence-corrected chi connectivity index (χ4v) is 6.31. The highest BCUT2D eigenvalue weighted by Crippen LogP contribution is 2.28. The standard InChI is InChI=1S/C33H43N3O4S/c1-7-9-20-34-33(38)30(8-2)35(22-28-13-11-10-12-26(28)5)32(37)23-36(31-19-16-25(4)21-27(31)6)41(39,40)29-17-14-24(3)15-18-29/h10-19,21,30H,7-9,20,22-23H2,1-6H3,(H,34,38)/t30-/m1/s1. The molecule has 7 nitrogen and oxygen atoms in total. The summed E-state index contributed by atoms with van der Waals surface area (Å²) in [5.41, 5.74) is 4.98. The third kappa shape index (κ3) is 7.97. The zero-order valence-corrected chi connectivity index (χ0v) is 25.9. The number of hydrogen-bond donors (Lipinski definition) is 1. The van der Waals surface area contributed by atoms with E-state index >= 15 is 0 Å². The number of carbonyl (C=O) groups is 2. The number of rotatable bonds is 13. The molecule has 41 heavy (non-hydrogen) atoms. The molecule has 0 aromatic heterocycles. The molecule has 8 heteroatoms. The molecule has 1 atom stereocenters. The highest BCUT2D eigenvalue weighted by molar-refractivity contribution is 7.92. The maximum atomic E-state index is 14.2. The molecule has 0 radical (unpaired) electrons. The van der Waals surface area contributed by atoms with Gasteiger partial charge in [-0.15, -0.1) is 0 Å². The summed E-state index contributed by atoms with van der Waals surface area (Å²) in [7, 11) is -4.10. The van der Waals surface area contributed by atoms with Crippen LogP contribution in [-0.2, 0) is 26.2 Å². The van der Waals surface area contributed by atoms with Crippen LogP contribution in [-0.4, -0.2) is 44.3 Å². The van der Waals surface area contributed by atoms with E-state index in [4.69, 9.17) is 0 Å². The summed E-state index contributed by atoms with van der Waals surface area (Å²) in [4.78, 5) is 29.2. The van der Waals surface area contributed by atoms with Gasteiger partial charge >= 0.3 is 0 Å². The topological polar surface area (TPSA) is 86.8 Å². The third-order valence-corrected chi connectivity index (χ3v) is 9.10. The second-order valence-corrected chi connectivity index (χ2v) is 12.5. The van der Waals surface area contributed by atoms with Gasteiger partial charge in [0.2, 0.25) is 11.8 Å². The molecule has 3 aromatic carbocycles. The van der Waals surface area contributed by atoms with Gasteiger partial charge in [-0.3, -0.25) is 13.9 Å². The van der Waals surface area contributed by atoms with E-state index in [-0.39, 0.29) is 17.3 Å². The monoisotopic (exact) mass is 577 g/mol. The lowest BCUT2D eigenvalue weighted by molar-refractivity contribution is -0.140. The van der Waals surface area contributed by atoms with Crippen molar-refractivity contribution in [2.45, 2.75) is 78.3 Å². The van der Waals surface area contributed by atoms with E-state index in [1.54, 1.807) is 30.3 Å². The predicted octanol–water partition coefficient (Wildman–Crippen LogP) is 5.84. The van der Waals surface area contributed by atoms with Gasteiger partial charge in [-0.2, -0.15) is 0 Å². The third-order valence-electron chi connectivity index (χ3n) is 7.33. The van der Waals surface area contributed by atoms with Crippen LogP contribution in [0.1, 0.15) is 60.9 Å². The van der Waals surface area contributed by atoms with E-state index < -0.39 is 28.5 Å². The Morgan fingerprint density at radius 1 is 0.854 bits per heavy atom. The Hall–Kier alpha value is -3.65. The average molecular weight is 578 g/mol. The number of benzene rings is 3. The Balaban J connectivity index is 2.08. The van der Waals surface area contributed by atoms with Crippen LogP contribution < -0.4 is 9.62 Å². The number of sulfonamides is 1. The molecular weight excluding hydrogens is 534 g/mol. The molecule has 3 aromatic rings. The number of hydrogen-bond acceptors (Lipinski definition) is 4. The van der Waals surface area contributed by atoms with Crippen LogP contribution in [0.15, 0.2) is 71.6 Å². The van der Waals surface area contributed by atoms with Crippen LogP contribution in [0.4, 0.5) is 5.69 Å². The molecule has 0 saturated carbocycles. The molecule has 0 bridgehead atoms. The Labute approximate surface area is 245 Å². The van der Waals surface area contributed by atoms with Crippen LogP contribution in [0.5, 0.6) is 0 Å². The average Bonchev–Trinajstić information content (AvgIpc) is 2.93. The van der Waals surface area contributed by atoms with Crippen molar-refractivity contribution in [3.63, 3.8) is 0 Å². The molecule has 220 valence electrons. The maximum absolute atomic E-state index is 14.2. The van der Waals surface area contributed by atoms with Crippen molar-refractivity contribution >= 4 is 27.5 Å². The van der Waals surface area contributed by atoms with Gasteiger partial charge in [0.05, 0.1) is 10.6 Å². The van der Waals surface area contributed by atoms with Gasteiger partial charge in [-0.25, -0.2) is 8.42 Å². The number of aryl methyl sites for hydroxylation is 4. The van der Waals surface area contributed by atoms with E-state index in [1.165, 1.54) is 9.21 Å². The van der Waals surface area contributed by atoms with E-state index in [2.05, 4.69) is 5.32 Å². The van der Waals surface area contributed by atoms with Gasteiger partial charge in [0.25, 0.3) is 10.0 Å². The molecule has 0 spiro atoms. The zero-order chi connectivity index (χ0) is 30.2. The van der Waals surface area contributed by atoms with Crippen LogP contribution in [0.3, 0.4) is 0 Å². The molecule has 0 heterocycles. The SMILES string of the molecule is CCCCNC(=O)[C@@H](CC)N(Cc1ccccc1C)C(=O)CN(c1ccc(C)cc1C)S(=O)(=O)c1ccc(C)cc1. The minimum absolute atomic E-state index is 0.102. The minimum Gasteiger partial charge on any atom is -0.354 e. The van der Waals surface area contributed by atoms with E-state index in [0.717, 1.165) is 40.7 Å². The number of amides is 2. The Morgan fingerprint density at radius 2 is 1.51 bits per heavy atom. The summed E-state index contributed by atoms with van der Waals surface area (Å²) in [6.07, 6.45) is 2.16. The number of unbranched alkanes of at least 4 members (excludes halogenated alkanes) is 1. The lowest BCUT2D eigenvalue weighted by Gasteiger charge is -2.34. The van der Waals surface area contributed by atoms with Crippen LogP contribution in [0.2, 0.25) is 0 Å². The van der Waals surface area contributed by atoms with Crippen molar-refractivity contribution < 1.29 is 18.0 Å². The molecule has 0 saturated heterocycles. The first-order valence-electron chi connectivity index (χ1n) is 14.3.